The minimum Gasteiger partial charge on any atom is -0.394 e. The summed E-state index contributed by atoms with van der Waals surface area (Å²) in [5.74, 6) is -0.123. The number of hydrogen-bond acceptors (Lipinski definition) is 8. The molecule has 0 radical (unpaired) electrons. The molecule has 0 spiro atoms. The highest BCUT2D eigenvalue weighted by atomic mass is 32.1. The summed E-state index contributed by atoms with van der Waals surface area (Å²) in [6, 6.07) is 0. The van der Waals surface area contributed by atoms with Crippen molar-refractivity contribution in [2.45, 2.75) is 24.5 Å². The first-order valence-electron chi connectivity index (χ1n) is 6.06. The molecule has 2 aromatic rings. The SMILES string of the molecule is Nc1nc2c([nH]c(=S)n2C2O[C@@H](CO)[C@H](O)[C@@H]2O)c(=O)[nH]1. The van der Waals surface area contributed by atoms with E-state index in [1.54, 1.807) is 0 Å². The van der Waals surface area contributed by atoms with Crippen LogP contribution in [0.5, 0.6) is 0 Å². The summed E-state index contributed by atoms with van der Waals surface area (Å²) in [7, 11) is 0. The molecule has 0 amide bonds. The Morgan fingerprint density at radius 1 is 1.38 bits per heavy atom. The number of anilines is 1. The van der Waals surface area contributed by atoms with Crippen molar-refractivity contribution >= 4 is 29.3 Å². The van der Waals surface area contributed by atoms with Crippen LogP contribution in [-0.2, 0) is 4.74 Å². The number of hydrogen-bond donors (Lipinski definition) is 6. The van der Waals surface area contributed by atoms with Gasteiger partial charge in [0, 0.05) is 0 Å². The number of aliphatic hydroxyl groups excluding tert-OH is 3. The maximum atomic E-state index is 11.8. The molecule has 1 fully saturated rings. The Morgan fingerprint density at radius 2 is 2.10 bits per heavy atom. The second-order valence-electron chi connectivity index (χ2n) is 4.68. The fraction of sp³-hybridized carbons (Fsp3) is 0.500. The molecule has 1 saturated heterocycles. The third-order valence-corrected chi connectivity index (χ3v) is 3.67. The van der Waals surface area contributed by atoms with Gasteiger partial charge in [0.2, 0.25) is 5.95 Å². The Kier molecular flexibility index (Phi) is 3.30. The lowest BCUT2D eigenvalue weighted by Crippen LogP contribution is -2.33. The fourth-order valence-corrected chi connectivity index (χ4v) is 2.65. The van der Waals surface area contributed by atoms with Crippen LogP contribution in [0.25, 0.3) is 11.2 Å². The maximum absolute atomic E-state index is 11.8. The van der Waals surface area contributed by atoms with Gasteiger partial charge in [0.25, 0.3) is 5.56 Å². The van der Waals surface area contributed by atoms with Gasteiger partial charge >= 0.3 is 0 Å². The molecule has 1 aliphatic rings. The molecule has 10 nitrogen and oxygen atoms in total. The number of nitrogen functional groups attached to an aromatic ring is 1. The zero-order valence-electron chi connectivity index (χ0n) is 10.6. The van der Waals surface area contributed by atoms with E-state index in [0.717, 1.165) is 0 Å². The lowest BCUT2D eigenvalue weighted by atomic mass is 10.1. The van der Waals surface area contributed by atoms with Crippen molar-refractivity contribution in [1.29, 1.82) is 0 Å². The molecule has 0 bridgehead atoms. The predicted octanol–water partition coefficient (Wildman–Crippen LogP) is -2.02. The van der Waals surface area contributed by atoms with Gasteiger partial charge < -0.3 is 30.8 Å². The Balaban J connectivity index is 2.20. The van der Waals surface area contributed by atoms with E-state index < -0.39 is 36.7 Å². The molecule has 3 rings (SSSR count). The van der Waals surface area contributed by atoms with Crippen LogP contribution in [0, 0.1) is 4.77 Å². The zero-order chi connectivity index (χ0) is 15.3. The van der Waals surface area contributed by atoms with Crippen LogP contribution in [0.1, 0.15) is 6.23 Å². The topological polar surface area (TPSA) is 162 Å². The lowest BCUT2D eigenvalue weighted by molar-refractivity contribution is -0.0516. The number of nitrogens with one attached hydrogen (secondary N) is 2. The van der Waals surface area contributed by atoms with E-state index in [1.807, 2.05) is 0 Å². The maximum Gasteiger partial charge on any atom is 0.278 e. The van der Waals surface area contributed by atoms with Crippen LogP contribution < -0.4 is 11.3 Å². The molecule has 1 unspecified atom stereocenters. The Bertz CT molecular complexity index is 797. The monoisotopic (exact) mass is 315 g/mol. The molecule has 0 aliphatic carbocycles. The fourth-order valence-electron chi connectivity index (χ4n) is 2.36. The van der Waals surface area contributed by atoms with E-state index in [-0.39, 0.29) is 21.9 Å². The number of rotatable bonds is 2. The second-order valence-corrected chi connectivity index (χ2v) is 5.07. The van der Waals surface area contributed by atoms with Crippen LogP contribution in [0.3, 0.4) is 0 Å². The molecule has 1 aliphatic heterocycles. The van der Waals surface area contributed by atoms with E-state index in [2.05, 4.69) is 15.0 Å². The first-order chi connectivity index (χ1) is 9.93. The Labute approximate surface area is 121 Å². The number of nitrogens with zero attached hydrogens (tertiary/aromatic N) is 2. The third-order valence-electron chi connectivity index (χ3n) is 3.37. The summed E-state index contributed by atoms with van der Waals surface area (Å²) in [5.41, 5.74) is 5.15. The van der Waals surface area contributed by atoms with Crippen LogP contribution in [0.15, 0.2) is 4.79 Å². The lowest BCUT2D eigenvalue weighted by Gasteiger charge is -2.16. The van der Waals surface area contributed by atoms with Gasteiger partial charge in [0.15, 0.2) is 22.2 Å². The number of imidazole rings is 1. The van der Waals surface area contributed by atoms with E-state index in [0.29, 0.717) is 0 Å². The molecule has 0 aromatic carbocycles. The molecular formula is C10H13N5O5S. The average molecular weight is 315 g/mol. The average Bonchev–Trinajstić information content (AvgIpc) is 2.89. The standard InChI is InChI=1S/C10H13N5O5S/c11-9-13-6-3(7(19)14-9)12-10(21)15(6)8-5(18)4(17)2(1-16)20-8/h2,4-5,8,16-18H,1H2,(H,12,21)(H3,11,13,14,19)/t2-,4-,5-,8?/m0/s1. The van der Waals surface area contributed by atoms with E-state index in [9.17, 15) is 15.0 Å². The number of aromatic amines is 2. The molecule has 4 atom stereocenters. The van der Waals surface area contributed by atoms with Gasteiger partial charge in [-0.3, -0.25) is 14.3 Å². The van der Waals surface area contributed by atoms with E-state index in [4.69, 9.17) is 27.8 Å². The summed E-state index contributed by atoms with van der Waals surface area (Å²) in [6.45, 7) is -0.472. The van der Waals surface area contributed by atoms with Crippen LogP contribution in [0.4, 0.5) is 5.95 Å². The highest BCUT2D eigenvalue weighted by Gasteiger charge is 2.44. The quantitative estimate of drug-likeness (QED) is 0.346. The molecule has 2 aromatic heterocycles. The van der Waals surface area contributed by atoms with Gasteiger partial charge in [-0.15, -0.1) is 0 Å². The number of ether oxygens (including phenoxy) is 1. The van der Waals surface area contributed by atoms with Crippen LogP contribution >= 0.6 is 12.2 Å². The first kappa shape index (κ1) is 14.2. The van der Waals surface area contributed by atoms with Crippen molar-refractivity contribution in [3.63, 3.8) is 0 Å². The molecule has 21 heavy (non-hydrogen) atoms. The molecule has 114 valence electrons. The zero-order valence-corrected chi connectivity index (χ0v) is 11.4. The van der Waals surface area contributed by atoms with Gasteiger partial charge in [0.1, 0.15) is 18.3 Å². The minimum absolute atomic E-state index is 0.0726. The van der Waals surface area contributed by atoms with E-state index in [1.165, 1.54) is 4.57 Å². The first-order valence-corrected chi connectivity index (χ1v) is 6.47. The van der Waals surface area contributed by atoms with Gasteiger partial charge in [-0.1, -0.05) is 0 Å². The summed E-state index contributed by atoms with van der Waals surface area (Å²) in [6.07, 6.45) is -4.68. The number of aliphatic hydroxyl groups is 3. The summed E-state index contributed by atoms with van der Waals surface area (Å²) in [5, 5.41) is 28.9. The second kappa shape index (κ2) is 4.89. The molecule has 0 saturated carbocycles. The molecular weight excluding hydrogens is 302 g/mol. The number of H-pyrrole nitrogens is 2. The van der Waals surface area contributed by atoms with Gasteiger partial charge in [-0.25, -0.2) is 0 Å². The highest BCUT2D eigenvalue weighted by molar-refractivity contribution is 7.71. The number of fused-ring (bicyclic) bond motifs is 1. The normalized spacial score (nSPS) is 29.3. The highest BCUT2D eigenvalue weighted by Crippen LogP contribution is 2.31. The number of nitrogens with two attached hydrogens (primary N) is 1. The van der Waals surface area contributed by atoms with Crippen molar-refractivity contribution in [1.82, 2.24) is 19.5 Å². The molecule has 3 heterocycles. The third kappa shape index (κ3) is 2.06. The summed E-state index contributed by atoms with van der Waals surface area (Å²) >= 11 is 5.10. The van der Waals surface area contributed by atoms with Crippen LogP contribution in [0.2, 0.25) is 0 Å². The molecule has 7 N–H and O–H groups in total. The smallest absolute Gasteiger partial charge is 0.278 e. The summed E-state index contributed by atoms with van der Waals surface area (Å²) < 4.78 is 6.70. The Hall–Kier alpha value is -1.79. The Morgan fingerprint density at radius 3 is 2.71 bits per heavy atom. The van der Waals surface area contributed by atoms with Crippen LogP contribution in [-0.4, -0.2) is 59.8 Å². The van der Waals surface area contributed by atoms with Gasteiger partial charge in [0.05, 0.1) is 6.61 Å². The van der Waals surface area contributed by atoms with Gasteiger partial charge in [-0.05, 0) is 12.2 Å². The number of aromatic nitrogens is 4. The minimum atomic E-state index is -1.34. The van der Waals surface area contributed by atoms with Crippen molar-refractivity contribution in [2.75, 3.05) is 12.3 Å². The van der Waals surface area contributed by atoms with Crippen molar-refractivity contribution in [2.24, 2.45) is 0 Å². The van der Waals surface area contributed by atoms with Crippen molar-refractivity contribution in [3.8, 4) is 0 Å². The van der Waals surface area contributed by atoms with E-state index >= 15 is 0 Å². The van der Waals surface area contributed by atoms with Crippen molar-refractivity contribution < 1.29 is 20.1 Å². The van der Waals surface area contributed by atoms with Gasteiger partial charge in [-0.2, -0.15) is 4.98 Å². The predicted molar refractivity (Wildman–Crippen MR) is 73.0 cm³/mol. The largest absolute Gasteiger partial charge is 0.394 e. The summed E-state index contributed by atoms with van der Waals surface area (Å²) in [4.78, 5) is 20.7. The van der Waals surface area contributed by atoms with Crippen molar-refractivity contribution in [3.05, 3.63) is 15.1 Å². The molecule has 11 heteroatoms.